The Kier molecular flexibility index (Phi) is 4.52. The van der Waals surface area contributed by atoms with Crippen molar-refractivity contribution in [3.8, 4) is 11.8 Å². The lowest BCUT2D eigenvalue weighted by atomic mass is 10.3. The average Bonchev–Trinajstić information content (AvgIpc) is 2.78. The zero-order chi connectivity index (χ0) is 15.4. The van der Waals surface area contributed by atoms with Crippen LogP contribution in [0.25, 0.3) is 5.95 Å². The third kappa shape index (κ3) is 3.18. The summed E-state index contributed by atoms with van der Waals surface area (Å²) >= 11 is 0. The van der Waals surface area contributed by atoms with E-state index in [9.17, 15) is 4.79 Å². The molecule has 0 aromatic carbocycles. The summed E-state index contributed by atoms with van der Waals surface area (Å²) in [6.07, 6.45) is 1.40. The standard InChI is InChI=1S/C14H18N4O3/c1-5-20-12-11(13(19)21-6-2)8-15-14(16-12)18-10(4)7-9(3)17-18/h7-8H,5-6H2,1-4H3. The second kappa shape index (κ2) is 6.34. The Morgan fingerprint density at radius 1 is 1.29 bits per heavy atom. The van der Waals surface area contributed by atoms with Gasteiger partial charge < -0.3 is 9.47 Å². The molecule has 0 saturated carbocycles. The van der Waals surface area contributed by atoms with Crippen LogP contribution >= 0.6 is 0 Å². The molecule has 2 rings (SSSR count). The van der Waals surface area contributed by atoms with Crippen molar-refractivity contribution in [2.75, 3.05) is 13.2 Å². The van der Waals surface area contributed by atoms with Crippen LogP contribution in [0.4, 0.5) is 0 Å². The van der Waals surface area contributed by atoms with Crippen LogP contribution in [0.2, 0.25) is 0 Å². The van der Waals surface area contributed by atoms with Gasteiger partial charge >= 0.3 is 5.97 Å². The number of ether oxygens (including phenoxy) is 2. The highest BCUT2D eigenvalue weighted by molar-refractivity contribution is 5.91. The summed E-state index contributed by atoms with van der Waals surface area (Å²) in [6, 6.07) is 1.92. The van der Waals surface area contributed by atoms with Gasteiger partial charge in [-0.2, -0.15) is 10.1 Å². The molecule has 0 aliphatic carbocycles. The molecule has 0 spiro atoms. The van der Waals surface area contributed by atoms with Gasteiger partial charge in [-0.1, -0.05) is 0 Å². The number of carbonyl (C=O) groups is 1. The number of carbonyl (C=O) groups excluding carboxylic acids is 1. The fraction of sp³-hybridized carbons (Fsp3) is 0.429. The largest absolute Gasteiger partial charge is 0.477 e. The molecule has 0 radical (unpaired) electrons. The average molecular weight is 290 g/mol. The van der Waals surface area contributed by atoms with Crippen molar-refractivity contribution in [2.24, 2.45) is 0 Å². The van der Waals surface area contributed by atoms with Crippen LogP contribution in [-0.4, -0.2) is 38.9 Å². The van der Waals surface area contributed by atoms with Crippen molar-refractivity contribution in [1.29, 1.82) is 0 Å². The zero-order valence-electron chi connectivity index (χ0n) is 12.6. The molecule has 7 nitrogen and oxygen atoms in total. The Bertz CT molecular complexity index is 652. The van der Waals surface area contributed by atoms with Crippen LogP contribution in [0.3, 0.4) is 0 Å². The van der Waals surface area contributed by atoms with Crippen molar-refractivity contribution in [3.63, 3.8) is 0 Å². The number of esters is 1. The van der Waals surface area contributed by atoms with E-state index in [4.69, 9.17) is 9.47 Å². The van der Waals surface area contributed by atoms with E-state index >= 15 is 0 Å². The lowest BCUT2D eigenvalue weighted by Gasteiger charge is -2.10. The van der Waals surface area contributed by atoms with E-state index in [0.29, 0.717) is 12.6 Å². The quantitative estimate of drug-likeness (QED) is 0.782. The highest BCUT2D eigenvalue weighted by atomic mass is 16.5. The minimum Gasteiger partial charge on any atom is -0.477 e. The molecule has 2 aromatic rings. The molecule has 0 aliphatic heterocycles. The molecule has 0 N–H and O–H groups in total. The molecule has 0 amide bonds. The Labute approximate surface area is 122 Å². The van der Waals surface area contributed by atoms with Gasteiger partial charge in [0.25, 0.3) is 5.95 Å². The summed E-state index contributed by atoms with van der Waals surface area (Å²) < 4.78 is 12.0. The summed E-state index contributed by atoms with van der Waals surface area (Å²) in [5, 5.41) is 4.31. The lowest BCUT2D eigenvalue weighted by molar-refractivity contribution is 0.0520. The summed E-state index contributed by atoms with van der Waals surface area (Å²) in [7, 11) is 0. The summed E-state index contributed by atoms with van der Waals surface area (Å²) in [5.74, 6) is 0.0615. The van der Waals surface area contributed by atoms with Gasteiger partial charge in [0.2, 0.25) is 5.88 Å². The molecule has 0 bridgehead atoms. The number of aromatic nitrogens is 4. The third-order valence-corrected chi connectivity index (χ3v) is 2.72. The normalized spacial score (nSPS) is 10.5. The first-order chi connectivity index (χ1) is 10.1. The van der Waals surface area contributed by atoms with E-state index in [-0.39, 0.29) is 18.1 Å². The first kappa shape index (κ1) is 15.0. The lowest BCUT2D eigenvalue weighted by Crippen LogP contribution is -2.13. The van der Waals surface area contributed by atoms with Gasteiger partial charge in [0, 0.05) is 5.69 Å². The van der Waals surface area contributed by atoms with Gasteiger partial charge in [0.1, 0.15) is 5.56 Å². The molecule has 2 heterocycles. The van der Waals surface area contributed by atoms with Crippen molar-refractivity contribution >= 4 is 5.97 Å². The van der Waals surface area contributed by atoms with Crippen LogP contribution in [0, 0.1) is 13.8 Å². The van der Waals surface area contributed by atoms with E-state index in [1.54, 1.807) is 11.6 Å². The van der Waals surface area contributed by atoms with Crippen LogP contribution in [0.1, 0.15) is 35.6 Å². The van der Waals surface area contributed by atoms with E-state index in [0.717, 1.165) is 11.4 Å². The van der Waals surface area contributed by atoms with Crippen LogP contribution in [-0.2, 0) is 4.74 Å². The van der Waals surface area contributed by atoms with Crippen LogP contribution < -0.4 is 4.74 Å². The highest BCUT2D eigenvalue weighted by Crippen LogP contribution is 2.18. The molecule has 112 valence electrons. The second-order valence-corrected chi connectivity index (χ2v) is 4.38. The number of hydrogen-bond acceptors (Lipinski definition) is 6. The molecular weight excluding hydrogens is 272 g/mol. The number of aryl methyl sites for hydroxylation is 2. The molecule has 2 aromatic heterocycles. The van der Waals surface area contributed by atoms with Crippen molar-refractivity contribution in [3.05, 3.63) is 29.2 Å². The van der Waals surface area contributed by atoms with Crippen molar-refractivity contribution < 1.29 is 14.3 Å². The topological polar surface area (TPSA) is 79.1 Å². The molecule has 0 atom stereocenters. The van der Waals surface area contributed by atoms with Crippen molar-refractivity contribution in [1.82, 2.24) is 19.7 Å². The smallest absolute Gasteiger partial charge is 0.345 e. The Balaban J connectivity index is 2.44. The van der Waals surface area contributed by atoms with Gasteiger partial charge in [-0.15, -0.1) is 0 Å². The molecule has 0 unspecified atom stereocenters. The fourth-order valence-electron chi connectivity index (χ4n) is 1.89. The first-order valence-electron chi connectivity index (χ1n) is 6.77. The molecule has 0 saturated heterocycles. The Morgan fingerprint density at radius 2 is 2.05 bits per heavy atom. The second-order valence-electron chi connectivity index (χ2n) is 4.38. The first-order valence-corrected chi connectivity index (χ1v) is 6.77. The number of hydrogen-bond donors (Lipinski definition) is 0. The fourth-order valence-corrected chi connectivity index (χ4v) is 1.89. The number of nitrogens with zero attached hydrogens (tertiary/aromatic N) is 4. The SMILES string of the molecule is CCOC(=O)c1cnc(-n2nc(C)cc2C)nc1OCC. The van der Waals surface area contributed by atoms with Crippen molar-refractivity contribution in [2.45, 2.75) is 27.7 Å². The van der Waals surface area contributed by atoms with Gasteiger partial charge in [-0.05, 0) is 33.8 Å². The maximum Gasteiger partial charge on any atom is 0.345 e. The molecule has 0 aliphatic rings. The van der Waals surface area contributed by atoms with E-state index < -0.39 is 5.97 Å². The van der Waals surface area contributed by atoms with Gasteiger partial charge in [0.15, 0.2) is 0 Å². The molecule has 0 fully saturated rings. The van der Waals surface area contributed by atoms with Gasteiger partial charge in [-0.3, -0.25) is 0 Å². The highest BCUT2D eigenvalue weighted by Gasteiger charge is 2.18. The molecule has 21 heavy (non-hydrogen) atoms. The minimum atomic E-state index is -0.499. The predicted molar refractivity (Wildman–Crippen MR) is 75.8 cm³/mol. The van der Waals surface area contributed by atoms with Crippen LogP contribution in [0.15, 0.2) is 12.3 Å². The molecule has 7 heteroatoms. The predicted octanol–water partition coefficient (Wildman–Crippen LogP) is 1.85. The van der Waals surface area contributed by atoms with E-state index in [2.05, 4.69) is 15.1 Å². The summed E-state index contributed by atoms with van der Waals surface area (Å²) in [6.45, 7) is 8.02. The molecular formula is C14H18N4O3. The monoisotopic (exact) mass is 290 g/mol. The minimum absolute atomic E-state index is 0.202. The van der Waals surface area contributed by atoms with E-state index in [1.807, 2.05) is 26.8 Å². The summed E-state index contributed by atoms with van der Waals surface area (Å²) in [4.78, 5) is 20.3. The maximum atomic E-state index is 11.9. The van der Waals surface area contributed by atoms with Crippen LogP contribution in [0.5, 0.6) is 5.88 Å². The van der Waals surface area contributed by atoms with Gasteiger partial charge in [-0.25, -0.2) is 14.5 Å². The number of rotatable bonds is 5. The maximum absolute atomic E-state index is 11.9. The Morgan fingerprint density at radius 3 is 2.62 bits per heavy atom. The Hall–Kier alpha value is -2.44. The van der Waals surface area contributed by atoms with Gasteiger partial charge in [0.05, 0.1) is 25.1 Å². The third-order valence-electron chi connectivity index (χ3n) is 2.72. The zero-order valence-corrected chi connectivity index (χ0v) is 12.6. The van der Waals surface area contributed by atoms with E-state index in [1.165, 1.54) is 6.20 Å². The summed E-state index contributed by atoms with van der Waals surface area (Å²) in [5.41, 5.74) is 1.98.